The van der Waals surface area contributed by atoms with Crippen molar-refractivity contribution in [3.05, 3.63) is 48.0 Å². The third kappa shape index (κ3) is 4.76. The molecule has 0 atom stereocenters. The molecule has 0 bridgehead atoms. The number of aryl methyl sites for hydroxylation is 1. The summed E-state index contributed by atoms with van der Waals surface area (Å²) in [5.74, 6) is -0.0714. The summed E-state index contributed by atoms with van der Waals surface area (Å²) in [4.78, 5) is 25.4. The average molecular weight is 416 g/mol. The summed E-state index contributed by atoms with van der Waals surface area (Å²) in [5, 5.41) is 2.69. The SMILES string of the molecule is CCC(=O)Nc1ccc(S(=O)(=O)Nc2ccc3c(c2)CCCN3C(=O)CC)cc1. The van der Waals surface area contributed by atoms with Gasteiger partial charge in [-0.3, -0.25) is 14.3 Å². The highest BCUT2D eigenvalue weighted by Crippen LogP contribution is 2.31. The molecule has 0 unspecified atom stereocenters. The third-order valence-electron chi connectivity index (χ3n) is 4.82. The zero-order chi connectivity index (χ0) is 21.0. The van der Waals surface area contributed by atoms with Crippen LogP contribution in [-0.4, -0.2) is 26.8 Å². The van der Waals surface area contributed by atoms with E-state index < -0.39 is 10.0 Å². The number of hydrogen-bond donors (Lipinski definition) is 2. The van der Waals surface area contributed by atoms with E-state index in [1.165, 1.54) is 12.1 Å². The Hall–Kier alpha value is -2.87. The van der Waals surface area contributed by atoms with Crippen molar-refractivity contribution in [3.8, 4) is 0 Å². The lowest BCUT2D eigenvalue weighted by Gasteiger charge is -2.29. The first-order valence-electron chi connectivity index (χ1n) is 9.70. The van der Waals surface area contributed by atoms with Crippen LogP contribution in [0.1, 0.15) is 38.7 Å². The molecule has 1 heterocycles. The zero-order valence-corrected chi connectivity index (χ0v) is 17.4. The maximum Gasteiger partial charge on any atom is 0.261 e. The van der Waals surface area contributed by atoms with Crippen LogP contribution in [0.25, 0.3) is 0 Å². The van der Waals surface area contributed by atoms with E-state index in [2.05, 4.69) is 10.0 Å². The van der Waals surface area contributed by atoms with Gasteiger partial charge in [-0.2, -0.15) is 0 Å². The van der Waals surface area contributed by atoms with Crippen LogP contribution < -0.4 is 14.9 Å². The highest BCUT2D eigenvalue weighted by Gasteiger charge is 2.22. The average Bonchev–Trinajstić information content (AvgIpc) is 2.72. The van der Waals surface area contributed by atoms with Gasteiger partial charge in [0.2, 0.25) is 11.8 Å². The van der Waals surface area contributed by atoms with Crippen LogP contribution in [0.2, 0.25) is 0 Å². The summed E-state index contributed by atoms with van der Waals surface area (Å²) in [6, 6.07) is 11.3. The van der Waals surface area contributed by atoms with Gasteiger partial charge in [-0.25, -0.2) is 8.42 Å². The van der Waals surface area contributed by atoms with Gasteiger partial charge in [-0.15, -0.1) is 0 Å². The number of benzene rings is 2. The van der Waals surface area contributed by atoms with Gasteiger partial charge in [0.1, 0.15) is 0 Å². The maximum absolute atomic E-state index is 12.7. The minimum Gasteiger partial charge on any atom is -0.326 e. The third-order valence-corrected chi connectivity index (χ3v) is 6.22. The number of carbonyl (C=O) groups excluding carboxylic acids is 2. The van der Waals surface area contributed by atoms with Gasteiger partial charge in [-0.05, 0) is 60.9 Å². The molecule has 7 nitrogen and oxygen atoms in total. The molecule has 8 heteroatoms. The largest absolute Gasteiger partial charge is 0.326 e. The number of rotatable bonds is 6. The molecule has 2 amide bonds. The van der Waals surface area contributed by atoms with Crippen molar-refractivity contribution in [1.29, 1.82) is 0 Å². The monoisotopic (exact) mass is 415 g/mol. The Morgan fingerprint density at radius 2 is 1.69 bits per heavy atom. The Labute approximate surface area is 171 Å². The molecule has 2 aromatic rings. The molecule has 0 aliphatic carbocycles. The van der Waals surface area contributed by atoms with Gasteiger partial charge in [0.15, 0.2) is 0 Å². The molecular weight excluding hydrogens is 390 g/mol. The molecule has 0 saturated heterocycles. The first-order valence-corrected chi connectivity index (χ1v) is 11.2. The fourth-order valence-corrected chi connectivity index (χ4v) is 4.34. The molecule has 0 aromatic heterocycles. The van der Waals surface area contributed by atoms with E-state index in [9.17, 15) is 18.0 Å². The quantitative estimate of drug-likeness (QED) is 0.754. The Morgan fingerprint density at radius 3 is 2.34 bits per heavy atom. The summed E-state index contributed by atoms with van der Waals surface area (Å²) < 4.78 is 28.0. The standard InChI is InChI=1S/C21H25N3O4S/c1-3-20(25)22-16-7-10-18(11-8-16)29(27,28)23-17-9-12-19-15(14-17)6-5-13-24(19)21(26)4-2/h7-12,14,23H,3-6,13H2,1-2H3,(H,22,25). The highest BCUT2D eigenvalue weighted by atomic mass is 32.2. The molecule has 0 radical (unpaired) electrons. The van der Waals surface area contributed by atoms with E-state index >= 15 is 0 Å². The number of nitrogens with zero attached hydrogens (tertiary/aromatic N) is 1. The van der Waals surface area contributed by atoms with Gasteiger partial charge in [-0.1, -0.05) is 13.8 Å². The van der Waals surface area contributed by atoms with Crippen molar-refractivity contribution in [3.63, 3.8) is 0 Å². The molecule has 154 valence electrons. The number of fused-ring (bicyclic) bond motifs is 1. The first kappa shape index (κ1) is 20.9. The molecule has 0 fully saturated rings. The summed E-state index contributed by atoms with van der Waals surface area (Å²) in [6.07, 6.45) is 2.42. The molecule has 0 saturated carbocycles. The van der Waals surface area contributed by atoms with Crippen LogP contribution >= 0.6 is 0 Å². The van der Waals surface area contributed by atoms with Crippen molar-refractivity contribution in [2.75, 3.05) is 21.5 Å². The van der Waals surface area contributed by atoms with Crippen LogP contribution in [0.4, 0.5) is 17.1 Å². The Morgan fingerprint density at radius 1 is 1.00 bits per heavy atom. The predicted octanol–water partition coefficient (Wildman–Crippen LogP) is 3.53. The molecule has 1 aliphatic heterocycles. The highest BCUT2D eigenvalue weighted by molar-refractivity contribution is 7.92. The van der Waals surface area contributed by atoms with Gasteiger partial charge in [0.05, 0.1) is 4.90 Å². The van der Waals surface area contributed by atoms with E-state index in [4.69, 9.17) is 0 Å². The van der Waals surface area contributed by atoms with Crippen molar-refractivity contribution in [2.24, 2.45) is 0 Å². The summed E-state index contributed by atoms with van der Waals surface area (Å²) in [6.45, 7) is 4.26. The predicted molar refractivity (Wildman–Crippen MR) is 114 cm³/mol. The van der Waals surface area contributed by atoms with Crippen LogP contribution in [0, 0.1) is 0 Å². The van der Waals surface area contributed by atoms with E-state index in [1.54, 1.807) is 42.2 Å². The number of amides is 2. The van der Waals surface area contributed by atoms with Crippen LogP contribution in [0.15, 0.2) is 47.4 Å². The molecule has 2 N–H and O–H groups in total. The topological polar surface area (TPSA) is 95.6 Å². The normalized spacial score (nSPS) is 13.5. The van der Waals surface area contributed by atoms with E-state index in [0.29, 0.717) is 30.8 Å². The second-order valence-corrected chi connectivity index (χ2v) is 8.56. The molecular formula is C21H25N3O4S. The zero-order valence-electron chi connectivity index (χ0n) is 16.6. The molecule has 0 spiro atoms. The lowest BCUT2D eigenvalue weighted by molar-refractivity contribution is -0.118. The number of anilines is 3. The van der Waals surface area contributed by atoms with E-state index in [1.807, 2.05) is 6.92 Å². The fraction of sp³-hybridized carbons (Fsp3) is 0.333. The second kappa shape index (κ2) is 8.65. The van der Waals surface area contributed by atoms with Gasteiger partial charge < -0.3 is 10.2 Å². The molecule has 3 rings (SSSR count). The first-order chi connectivity index (χ1) is 13.8. The maximum atomic E-state index is 12.7. The summed E-state index contributed by atoms with van der Waals surface area (Å²) in [5.41, 5.74) is 2.81. The van der Waals surface area contributed by atoms with Crippen molar-refractivity contribution < 1.29 is 18.0 Å². The second-order valence-electron chi connectivity index (χ2n) is 6.88. The van der Waals surface area contributed by atoms with Crippen molar-refractivity contribution >= 4 is 38.9 Å². The summed E-state index contributed by atoms with van der Waals surface area (Å²) >= 11 is 0. The van der Waals surface area contributed by atoms with Gasteiger partial charge in [0.25, 0.3) is 10.0 Å². The van der Waals surface area contributed by atoms with Crippen LogP contribution in [0.5, 0.6) is 0 Å². The lowest BCUT2D eigenvalue weighted by Crippen LogP contribution is -2.34. The van der Waals surface area contributed by atoms with E-state index in [0.717, 1.165) is 24.1 Å². The van der Waals surface area contributed by atoms with Gasteiger partial charge in [0, 0.05) is 36.4 Å². The molecule has 2 aromatic carbocycles. The number of hydrogen-bond acceptors (Lipinski definition) is 4. The molecule has 29 heavy (non-hydrogen) atoms. The Kier molecular flexibility index (Phi) is 6.22. The fourth-order valence-electron chi connectivity index (χ4n) is 3.29. The van der Waals surface area contributed by atoms with Gasteiger partial charge >= 0.3 is 0 Å². The number of nitrogens with one attached hydrogen (secondary N) is 2. The Bertz CT molecular complexity index is 1020. The van der Waals surface area contributed by atoms with Crippen molar-refractivity contribution in [1.82, 2.24) is 0 Å². The Balaban J connectivity index is 1.78. The van der Waals surface area contributed by atoms with E-state index in [-0.39, 0.29) is 16.7 Å². The minimum absolute atomic E-state index is 0.0644. The summed E-state index contributed by atoms with van der Waals surface area (Å²) in [7, 11) is -3.77. The lowest BCUT2D eigenvalue weighted by atomic mass is 10.0. The minimum atomic E-state index is -3.77. The number of carbonyl (C=O) groups is 2. The molecule has 1 aliphatic rings. The van der Waals surface area contributed by atoms with Crippen LogP contribution in [-0.2, 0) is 26.0 Å². The van der Waals surface area contributed by atoms with Crippen molar-refractivity contribution in [2.45, 2.75) is 44.4 Å². The number of sulfonamides is 1. The van der Waals surface area contributed by atoms with Crippen LogP contribution in [0.3, 0.4) is 0 Å². The smallest absolute Gasteiger partial charge is 0.261 e.